The van der Waals surface area contributed by atoms with E-state index in [1.807, 2.05) is 13.8 Å². The van der Waals surface area contributed by atoms with Gasteiger partial charge in [0.25, 0.3) is 0 Å². The van der Waals surface area contributed by atoms with Gasteiger partial charge in [-0.25, -0.2) is 0 Å². The van der Waals surface area contributed by atoms with Crippen molar-refractivity contribution in [3.05, 3.63) is 0 Å². The topological polar surface area (TPSA) is 104 Å². The van der Waals surface area contributed by atoms with Crippen LogP contribution in [0, 0.1) is 0 Å². The normalized spacial score (nSPS) is 16.5. The molecule has 0 bridgehead atoms. The molecule has 0 aromatic rings. The highest BCUT2D eigenvalue weighted by molar-refractivity contribution is 14.1. The van der Waals surface area contributed by atoms with E-state index in [1.54, 1.807) is 0 Å². The van der Waals surface area contributed by atoms with Gasteiger partial charge >= 0.3 is 15.2 Å². The first-order chi connectivity index (χ1) is 10.0. The Hall–Kier alpha value is 1.03. The van der Waals surface area contributed by atoms with Gasteiger partial charge < -0.3 is 19.2 Å². The van der Waals surface area contributed by atoms with Crippen molar-refractivity contribution in [1.29, 1.82) is 0 Å². The first kappa shape index (κ1) is 23.0. The van der Waals surface area contributed by atoms with Gasteiger partial charge in [-0.2, -0.15) is 0 Å². The van der Waals surface area contributed by atoms with Crippen molar-refractivity contribution >= 4 is 37.8 Å². The molecule has 0 heterocycles. The van der Waals surface area contributed by atoms with Crippen molar-refractivity contribution in [3.63, 3.8) is 0 Å². The maximum absolute atomic E-state index is 12.9. The zero-order chi connectivity index (χ0) is 17.7. The highest BCUT2D eigenvalue weighted by atomic mass is 127. The van der Waals surface area contributed by atoms with E-state index in [1.165, 1.54) is 13.8 Å². The van der Waals surface area contributed by atoms with Gasteiger partial charge in [-0.3, -0.25) is 9.13 Å². The molecule has 1 atom stereocenters. The fraction of sp³-hybridized carbons (Fsp3) is 1.00. The average molecular weight is 470 g/mol. The van der Waals surface area contributed by atoms with E-state index in [9.17, 15) is 23.8 Å². The molecule has 134 valence electrons. The third-order valence-corrected chi connectivity index (χ3v) is 10.9. The molecular weight excluding hydrogens is 441 g/mol. The van der Waals surface area contributed by atoms with Gasteiger partial charge in [0.15, 0.2) is 4.90 Å². The van der Waals surface area contributed by atoms with Crippen LogP contribution in [-0.4, -0.2) is 29.6 Å². The van der Waals surface area contributed by atoms with Crippen molar-refractivity contribution in [1.82, 2.24) is 0 Å². The van der Waals surface area contributed by atoms with Gasteiger partial charge in [0, 0.05) is 0 Å². The Labute approximate surface area is 147 Å². The van der Waals surface area contributed by atoms with E-state index in [0.29, 0.717) is 19.3 Å². The van der Waals surface area contributed by atoms with Gasteiger partial charge in [-0.1, -0.05) is 50.3 Å². The third kappa shape index (κ3) is 4.78. The molecule has 0 aliphatic heterocycles. The number of alkyl halides is 1. The molecular formula is C13H29IO6P2. The number of halogens is 1. The van der Waals surface area contributed by atoms with E-state index < -0.39 is 25.7 Å². The van der Waals surface area contributed by atoms with E-state index in [4.69, 9.17) is 4.52 Å². The quantitative estimate of drug-likeness (QED) is 0.231. The molecule has 22 heavy (non-hydrogen) atoms. The predicted molar refractivity (Wildman–Crippen MR) is 97.7 cm³/mol. The molecule has 0 radical (unpaired) electrons. The largest absolute Gasteiger partial charge is 0.346 e. The van der Waals surface area contributed by atoms with Crippen molar-refractivity contribution in [2.75, 3.05) is 4.43 Å². The first-order valence-corrected chi connectivity index (χ1v) is 12.4. The molecule has 0 spiro atoms. The zero-order valence-electron chi connectivity index (χ0n) is 13.8. The minimum absolute atomic E-state index is 0.114. The molecule has 0 aliphatic rings. The molecule has 6 nitrogen and oxygen atoms in total. The van der Waals surface area contributed by atoms with Gasteiger partial charge in [0.05, 0.1) is 5.60 Å². The van der Waals surface area contributed by atoms with Gasteiger partial charge in [-0.05, 0) is 43.0 Å². The highest BCUT2D eigenvalue weighted by Crippen LogP contribution is 2.75. The van der Waals surface area contributed by atoms with E-state index in [2.05, 4.69) is 22.6 Å². The zero-order valence-corrected chi connectivity index (χ0v) is 17.7. The summed E-state index contributed by atoms with van der Waals surface area (Å²) >= 11 is 2.23. The smallest absolute Gasteiger partial charge is 0.324 e. The highest BCUT2D eigenvalue weighted by Gasteiger charge is 2.60. The maximum atomic E-state index is 12.9. The fourth-order valence-electron chi connectivity index (χ4n) is 2.74. The molecule has 0 saturated carbocycles. The molecule has 0 saturated heterocycles. The Morgan fingerprint density at radius 1 is 0.955 bits per heavy atom. The Kier molecular flexibility index (Phi) is 9.35. The molecule has 0 aliphatic carbocycles. The van der Waals surface area contributed by atoms with Crippen molar-refractivity contribution < 1.29 is 28.3 Å². The lowest BCUT2D eigenvalue weighted by Crippen LogP contribution is -2.36. The van der Waals surface area contributed by atoms with Gasteiger partial charge in [0.2, 0.25) is 0 Å². The van der Waals surface area contributed by atoms with Crippen LogP contribution in [0.5, 0.6) is 0 Å². The van der Waals surface area contributed by atoms with Crippen LogP contribution in [0.1, 0.15) is 66.2 Å². The van der Waals surface area contributed by atoms with Crippen LogP contribution in [0.15, 0.2) is 0 Å². The van der Waals surface area contributed by atoms with Crippen LogP contribution >= 0.6 is 37.8 Å². The minimum Gasteiger partial charge on any atom is -0.324 e. The molecule has 0 aromatic heterocycles. The molecule has 3 N–H and O–H groups in total. The van der Waals surface area contributed by atoms with Gasteiger partial charge in [-0.15, -0.1) is 0 Å². The van der Waals surface area contributed by atoms with Crippen LogP contribution in [0.2, 0.25) is 0 Å². The molecule has 0 fully saturated rings. The predicted octanol–water partition coefficient (Wildman–Crippen LogP) is 4.66. The van der Waals surface area contributed by atoms with Crippen LogP contribution in [-0.2, 0) is 13.7 Å². The number of rotatable bonds is 11. The van der Waals surface area contributed by atoms with Crippen LogP contribution < -0.4 is 0 Å². The molecule has 0 aromatic carbocycles. The second-order valence-corrected chi connectivity index (χ2v) is 11.0. The Balaban J connectivity index is 5.77. The Morgan fingerprint density at radius 3 is 1.68 bits per heavy atom. The third-order valence-electron chi connectivity index (χ3n) is 4.57. The molecule has 0 amide bonds. The molecule has 0 rings (SSSR count). The van der Waals surface area contributed by atoms with Gasteiger partial charge in [0.1, 0.15) is 0 Å². The summed E-state index contributed by atoms with van der Waals surface area (Å²) in [4.78, 5) is 27.8. The summed E-state index contributed by atoms with van der Waals surface area (Å²) in [6.45, 7) is 6.76. The number of hydrogen-bond donors (Lipinski definition) is 3. The summed E-state index contributed by atoms with van der Waals surface area (Å²) in [5.41, 5.74) is -0.819. The van der Waals surface area contributed by atoms with E-state index in [0.717, 1.165) is 10.8 Å². The Morgan fingerprint density at radius 2 is 1.41 bits per heavy atom. The molecule has 9 heteroatoms. The Bertz CT molecular complexity index is 428. The maximum Gasteiger partial charge on any atom is 0.346 e. The SMILES string of the molecule is CCC(CC)(CCCI)OP(=O)(O)C(CC)(CC)P(=O)(O)O. The van der Waals surface area contributed by atoms with Crippen molar-refractivity contribution in [2.45, 2.75) is 76.7 Å². The molecule has 1 unspecified atom stereocenters. The van der Waals surface area contributed by atoms with Crippen molar-refractivity contribution in [2.24, 2.45) is 0 Å². The van der Waals surface area contributed by atoms with Crippen LogP contribution in [0.3, 0.4) is 0 Å². The lowest BCUT2D eigenvalue weighted by atomic mass is 9.92. The lowest BCUT2D eigenvalue weighted by Gasteiger charge is -2.41. The van der Waals surface area contributed by atoms with Crippen molar-refractivity contribution in [3.8, 4) is 0 Å². The summed E-state index contributed by atoms with van der Waals surface area (Å²) in [6, 6.07) is 0. The second-order valence-electron chi connectivity index (χ2n) is 5.53. The van der Waals surface area contributed by atoms with E-state index in [-0.39, 0.29) is 12.8 Å². The lowest BCUT2D eigenvalue weighted by molar-refractivity contribution is 0.0338. The standard InChI is InChI=1S/C13H29IO6P2/c1-5-12(6-2,10-9-11-14)20-22(18,19)13(7-3,8-4)21(15,16)17/h5-11H2,1-4H3,(H,18,19)(H2,15,16,17). The first-order valence-electron chi connectivity index (χ1n) is 7.66. The fourth-order valence-corrected chi connectivity index (χ4v) is 7.23. The summed E-state index contributed by atoms with van der Waals surface area (Å²) in [6.07, 6.45) is 2.24. The van der Waals surface area contributed by atoms with Crippen LogP contribution in [0.25, 0.3) is 0 Å². The summed E-state index contributed by atoms with van der Waals surface area (Å²) < 4.78 is 31.3. The summed E-state index contributed by atoms with van der Waals surface area (Å²) in [7, 11) is -9.32. The van der Waals surface area contributed by atoms with E-state index >= 15 is 0 Å². The average Bonchev–Trinajstić information content (AvgIpc) is 2.43. The monoisotopic (exact) mass is 470 g/mol. The van der Waals surface area contributed by atoms with Crippen LogP contribution in [0.4, 0.5) is 0 Å². The summed E-state index contributed by atoms with van der Waals surface area (Å²) in [5, 5.41) is 0. The second kappa shape index (κ2) is 8.93. The minimum atomic E-state index is -4.80. The number of hydrogen-bond acceptors (Lipinski definition) is 3. The summed E-state index contributed by atoms with van der Waals surface area (Å²) in [5.74, 6) is 0.